The molecule has 6 rings (SSSR count). The summed E-state index contributed by atoms with van der Waals surface area (Å²) >= 11 is -2.26. The van der Waals surface area contributed by atoms with Crippen LogP contribution in [0.2, 0.25) is 0 Å². The Bertz CT molecular complexity index is 1320. The average molecular weight is 667 g/mol. The average Bonchev–Trinajstić information content (AvgIpc) is 3.49. The van der Waals surface area contributed by atoms with Crippen molar-refractivity contribution in [3.63, 3.8) is 0 Å². The Morgan fingerprint density at radius 3 is 1.35 bits per heavy atom. The standard InChI is InChI=1S/C12H10Si.2C12H17.2ClH.Zr/c1-3-7-11(8-4-1)13-12-9-5-2-6-10-12;2*1-9-7-10-5-4-6-12(2,3)11(10)8-9;;;/h1-10H;2*7-8H,4-6H2,1-3H3;2*1H;/q;2*-1;;;+2/p-2. The van der Waals surface area contributed by atoms with Gasteiger partial charge in [-0.15, -0.1) is 0 Å². The van der Waals surface area contributed by atoms with Crippen LogP contribution in [0.4, 0.5) is 0 Å². The molecule has 0 aromatic heterocycles. The maximum absolute atomic E-state index is 6.32. The molecule has 0 heterocycles. The van der Waals surface area contributed by atoms with E-state index in [1.54, 1.807) is 22.3 Å². The molecule has 0 unspecified atom stereocenters. The molecule has 4 aromatic carbocycles. The predicted octanol–water partition coefficient (Wildman–Crippen LogP) is 9.37. The molecule has 2 aliphatic carbocycles. The summed E-state index contributed by atoms with van der Waals surface area (Å²) in [5.74, 6) is 0. The van der Waals surface area contributed by atoms with E-state index >= 15 is 0 Å². The fraction of sp³-hybridized carbons (Fsp3) is 0.389. The van der Waals surface area contributed by atoms with Crippen molar-refractivity contribution in [2.75, 3.05) is 0 Å². The van der Waals surface area contributed by atoms with Crippen LogP contribution < -0.4 is 10.4 Å². The second-order valence-electron chi connectivity index (χ2n) is 12.8. The molecule has 0 N–H and O–H groups in total. The number of hydrogen-bond donors (Lipinski definition) is 0. The van der Waals surface area contributed by atoms with Crippen LogP contribution in [-0.4, -0.2) is 5.43 Å². The van der Waals surface area contributed by atoms with Gasteiger partial charge in [-0.1, -0.05) is 90.9 Å². The van der Waals surface area contributed by atoms with Gasteiger partial charge in [0.05, 0.1) is 0 Å². The molecule has 0 saturated heterocycles. The Morgan fingerprint density at radius 2 is 1.02 bits per heavy atom. The summed E-state index contributed by atoms with van der Waals surface area (Å²) < 4.78 is 0. The van der Waals surface area contributed by atoms with Gasteiger partial charge in [0.2, 0.25) is 0 Å². The summed E-state index contributed by atoms with van der Waals surface area (Å²) in [5.41, 5.74) is 9.26. The van der Waals surface area contributed by atoms with Crippen LogP contribution in [0.15, 0.2) is 84.9 Å². The first kappa shape index (κ1) is 31.7. The Kier molecular flexibility index (Phi) is 11.0. The second kappa shape index (κ2) is 13.9. The zero-order chi connectivity index (χ0) is 28.9. The normalized spacial score (nSPS) is 16.3. The van der Waals surface area contributed by atoms with Gasteiger partial charge in [0.1, 0.15) is 0 Å². The SMILES string of the molecule is Cc1cc2c([cH-]1)CCCC2(C)C.Cc1cc2c([cH-]1)CCCC2(C)C.[Cl][Zr]([Cl])=[Si](c1ccccc1)c1ccccc1. The maximum atomic E-state index is 6.32. The first-order valence-corrected chi connectivity index (χ1v) is 26.2. The first-order valence-electron chi connectivity index (χ1n) is 14.7. The van der Waals surface area contributed by atoms with Gasteiger partial charge in [-0.25, -0.2) is 12.1 Å². The third kappa shape index (κ3) is 8.01. The summed E-state index contributed by atoms with van der Waals surface area (Å²) in [5, 5.41) is 2.66. The van der Waals surface area contributed by atoms with Crippen molar-refractivity contribution in [3.05, 3.63) is 118 Å². The number of benzene rings is 2. The van der Waals surface area contributed by atoms with Crippen LogP contribution in [0.3, 0.4) is 0 Å². The summed E-state index contributed by atoms with van der Waals surface area (Å²) in [4.78, 5) is 0. The molecule has 212 valence electrons. The zero-order valence-electron chi connectivity index (χ0n) is 25.1. The molecule has 0 saturated carbocycles. The van der Waals surface area contributed by atoms with Crippen molar-refractivity contribution >= 4 is 32.8 Å². The fourth-order valence-electron chi connectivity index (χ4n) is 6.41. The van der Waals surface area contributed by atoms with Gasteiger partial charge >= 0.3 is 111 Å². The van der Waals surface area contributed by atoms with E-state index in [9.17, 15) is 0 Å². The molecule has 0 fully saturated rings. The molecule has 4 aromatic rings. The summed E-state index contributed by atoms with van der Waals surface area (Å²) in [6.45, 7) is 13.9. The van der Waals surface area contributed by atoms with Crippen molar-refractivity contribution in [2.24, 2.45) is 0 Å². The third-order valence-electron chi connectivity index (χ3n) is 8.51. The monoisotopic (exact) mass is 664 g/mol. The number of rotatable bonds is 2. The number of fused-ring (bicyclic) bond motifs is 2. The molecule has 0 bridgehead atoms. The van der Waals surface area contributed by atoms with Crippen LogP contribution in [0.25, 0.3) is 0 Å². The van der Waals surface area contributed by atoms with Gasteiger partial charge in [-0.2, -0.15) is 45.5 Å². The van der Waals surface area contributed by atoms with Crippen LogP contribution in [-0.2, 0) is 41.7 Å². The second-order valence-corrected chi connectivity index (χ2v) is 32.0. The van der Waals surface area contributed by atoms with Gasteiger partial charge in [-0.3, -0.25) is 0 Å². The quantitative estimate of drug-likeness (QED) is 0.148. The third-order valence-corrected chi connectivity index (χ3v) is 24.5. The van der Waals surface area contributed by atoms with E-state index in [-0.39, 0.29) is 0 Å². The van der Waals surface area contributed by atoms with Crippen LogP contribution in [0, 0.1) is 13.8 Å². The van der Waals surface area contributed by atoms with E-state index < -0.39 is 23.4 Å². The molecule has 4 heteroatoms. The van der Waals surface area contributed by atoms with Gasteiger partial charge in [-0.05, 0) is 0 Å². The Labute approximate surface area is 258 Å². The minimum atomic E-state index is -2.26. The Morgan fingerprint density at radius 1 is 0.650 bits per heavy atom. The molecule has 0 atom stereocenters. The molecule has 0 amide bonds. The van der Waals surface area contributed by atoms with Crippen molar-refractivity contribution in [3.8, 4) is 0 Å². The van der Waals surface area contributed by atoms with E-state index in [0.717, 1.165) is 0 Å². The Balaban J connectivity index is 0.000000141. The van der Waals surface area contributed by atoms with Crippen LogP contribution in [0.1, 0.15) is 86.8 Å². The molecule has 2 aliphatic rings. The molecule has 0 nitrogen and oxygen atoms in total. The van der Waals surface area contributed by atoms with Gasteiger partial charge in [0.15, 0.2) is 0 Å². The van der Waals surface area contributed by atoms with E-state index in [2.05, 4.69) is 114 Å². The molecule has 0 aliphatic heterocycles. The first-order chi connectivity index (χ1) is 19.0. The Hall–Kier alpha value is -1.18. The number of hydrogen-bond acceptors (Lipinski definition) is 0. The molecule has 0 radical (unpaired) electrons. The van der Waals surface area contributed by atoms with Gasteiger partial charge in [0.25, 0.3) is 0 Å². The van der Waals surface area contributed by atoms with Crippen LogP contribution >= 0.6 is 17.0 Å². The number of aryl methyl sites for hydroxylation is 4. The van der Waals surface area contributed by atoms with E-state index in [4.69, 9.17) is 17.0 Å². The van der Waals surface area contributed by atoms with E-state index in [1.165, 1.54) is 60.0 Å². The van der Waals surface area contributed by atoms with Crippen LogP contribution in [0.5, 0.6) is 0 Å². The van der Waals surface area contributed by atoms with Crippen molar-refractivity contribution in [2.45, 2.75) is 90.9 Å². The molecule has 0 spiro atoms. The predicted molar refractivity (Wildman–Crippen MR) is 175 cm³/mol. The zero-order valence-corrected chi connectivity index (χ0v) is 30.1. The van der Waals surface area contributed by atoms with Crippen molar-refractivity contribution in [1.82, 2.24) is 0 Å². The molecule has 40 heavy (non-hydrogen) atoms. The van der Waals surface area contributed by atoms with Crippen molar-refractivity contribution < 1.29 is 18.0 Å². The van der Waals surface area contributed by atoms with Gasteiger partial charge in [0, 0.05) is 0 Å². The molecular formula is C36H44Cl2SiZr-2. The molecular weight excluding hydrogens is 623 g/mol. The number of halogens is 2. The summed E-state index contributed by atoms with van der Waals surface area (Å²) in [7, 11) is 12.6. The minimum absolute atomic E-state index is 0.432. The fourth-order valence-corrected chi connectivity index (χ4v) is 21.7. The topological polar surface area (TPSA) is 0 Å². The van der Waals surface area contributed by atoms with Gasteiger partial charge < -0.3 is 0 Å². The van der Waals surface area contributed by atoms with E-state index in [1.807, 2.05) is 12.1 Å². The van der Waals surface area contributed by atoms with E-state index in [0.29, 0.717) is 10.8 Å². The van der Waals surface area contributed by atoms with Crippen molar-refractivity contribution in [1.29, 1.82) is 0 Å². The summed E-state index contributed by atoms with van der Waals surface area (Å²) in [6, 6.07) is 30.3. The summed E-state index contributed by atoms with van der Waals surface area (Å²) in [6.07, 6.45) is 8.03.